The van der Waals surface area contributed by atoms with E-state index in [-0.39, 0.29) is 23.2 Å². The first-order valence-electron chi connectivity index (χ1n) is 10.3. The molecule has 2 aliphatic rings. The minimum atomic E-state index is -1.03. The third kappa shape index (κ3) is 3.63. The van der Waals surface area contributed by atoms with E-state index in [2.05, 4.69) is 13.0 Å². The van der Waals surface area contributed by atoms with E-state index in [4.69, 9.17) is 9.47 Å². The normalized spacial score (nSPS) is 17.8. The molecular formula is C24H25F3O2. The number of hydrogen-bond donors (Lipinski definition) is 0. The Bertz CT molecular complexity index is 965. The molecule has 1 aliphatic carbocycles. The van der Waals surface area contributed by atoms with Gasteiger partial charge in [-0.15, -0.1) is 0 Å². The van der Waals surface area contributed by atoms with Crippen molar-refractivity contribution in [1.29, 1.82) is 0 Å². The molecule has 2 nitrogen and oxygen atoms in total. The maximum absolute atomic E-state index is 14.9. The third-order valence-electron chi connectivity index (χ3n) is 5.81. The van der Waals surface area contributed by atoms with Crippen LogP contribution in [0.25, 0.3) is 0 Å². The standard InChI is InChI=1S/C24H25F3O2/c1-3-5-14-6-8-15(9-7-14)18-13-17-12-16-10-11-19(28-4-2)21(26)23(16)29-24(17)22(27)20(18)25/h6,10-11,13,15H,3-5,7-9,12H2,1-2H3. The summed E-state index contributed by atoms with van der Waals surface area (Å²) in [6.07, 6.45) is 7.07. The van der Waals surface area contributed by atoms with Gasteiger partial charge in [0, 0.05) is 17.5 Å². The molecule has 154 valence electrons. The van der Waals surface area contributed by atoms with Crippen LogP contribution in [0, 0.1) is 17.5 Å². The summed E-state index contributed by atoms with van der Waals surface area (Å²) >= 11 is 0. The molecule has 2 aromatic carbocycles. The Morgan fingerprint density at radius 3 is 2.52 bits per heavy atom. The Labute approximate surface area is 169 Å². The van der Waals surface area contributed by atoms with Gasteiger partial charge in [-0.05, 0) is 56.2 Å². The van der Waals surface area contributed by atoms with Gasteiger partial charge < -0.3 is 9.47 Å². The second-order valence-electron chi connectivity index (χ2n) is 7.74. The van der Waals surface area contributed by atoms with Crippen LogP contribution in [0.4, 0.5) is 13.2 Å². The number of fused-ring (bicyclic) bond motifs is 2. The molecule has 1 unspecified atom stereocenters. The van der Waals surface area contributed by atoms with Crippen LogP contribution in [0.3, 0.4) is 0 Å². The molecule has 0 N–H and O–H groups in total. The van der Waals surface area contributed by atoms with Crippen LogP contribution in [0.1, 0.15) is 68.6 Å². The highest BCUT2D eigenvalue weighted by molar-refractivity contribution is 5.55. The Hall–Kier alpha value is -2.43. The highest BCUT2D eigenvalue weighted by atomic mass is 19.2. The zero-order valence-electron chi connectivity index (χ0n) is 16.8. The number of benzene rings is 2. The molecule has 1 heterocycles. The van der Waals surface area contributed by atoms with E-state index in [0.717, 1.165) is 25.7 Å². The van der Waals surface area contributed by atoms with Gasteiger partial charge in [0.2, 0.25) is 11.6 Å². The smallest absolute Gasteiger partial charge is 0.207 e. The summed E-state index contributed by atoms with van der Waals surface area (Å²) in [6.45, 7) is 4.19. The highest BCUT2D eigenvalue weighted by Gasteiger charge is 2.31. The maximum atomic E-state index is 14.9. The fraction of sp³-hybridized carbons (Fsp3) is 0.417. The third-order valence-corrected chi connectivity index (χ3v) is 5.81. The predicted molar refractivity (Wildman–Crippen MR) is 106 cm³/mol. The van der Waals surface area contributed by atoms with E-state index in [9.17, 15) is 13.2 Å². The molecule has 2 aromatic rings. The van der Waals surface area contributed by atoms with Crippen molar-refractivity contribution < 1.29 is 22.6 Å². The van der Waals surface area contributed by atoms with Crippen molar-refractivity contribution in [3.8, 4) is 17.2 Å². The average molecular weight is 402 g/mol. The quantitative estimate of drug-likeness (QED) is 0.420. The first-order chi connectivity index (χ1) is 14.0. The van der Waals surface area contributed by atoms with Gasteiger partial charge in [0.15, 0.2) is 23.1 Å². The first-order valence-corrected chi connectivity index (χ1v) is 10.3. The summed E-state index contributed by atoms with van der Waals surface area (Å²) in [4.78, 5) is 0. The molecule has 0 saturated carbocycles. The number of hydrogen-bond acceptors (Lipinski definition) is 2. The van der Waals surface area contributed by atoms with E-state index in [0.29, 0.717) is 36.1 Å². The molecule has 4 rings (SSSR count). The van der Waals surface area contributed by atoms with E-state index >= 15 is 0 Å². The lowest BCUT2D eigenvalue weighted by Crippen LogP contribution is -2.13. The summed E-state index contributed by atoms with van der Waals surface area (Å²) in [5, 5.41) is 0. The van der Waals surface area contributed by atoms with Crippen molar-refractivity contribution >= 4 is 0 Å². The molecule has 0 bridgehead atoms. The Kier molecular flexibility index (Phi) is 5.57. The van der Waals surface area contributed by atoms with Crippen LogP contribution in [0.5, 0.6) is 17.2 Å². The molecule has 0 spiro atoms. The number of halogens is 3. The van der Waals surface area contributed by atoms with Crippen molar-refractivity contribution in [2.45, 2.75) is 58.3 Å². The van der Waals surface area contributed by atoms with E-state index in [1.165, 1.54) is 5.57 Å². The molecule has 1 atom stereocenters. The lowest BCUT2D eigenvalue weighted by Gasteiger charge is -2.27. The van der Waals surface area contributed by atoms with Crippen molar-refractivity contribution in [2.75, 3.05) is 6.61 Å². The number of ether oxygens (including phenoxy) is 2. The van der Waals surface area contributed by atoms with Crippen LogP contribution in [-0.4, -0.2) is 6.61 Å². The molecule has 1 aliphatic heterocycles. The van der Waals surface area contributed by atoms with Crippen LogP contribution in [-0.2, 0) is 6.42 Å². The maximum Gasteiger partial charge on any atom is 0.207 e. The minimum absolute atomic E-state index is 0.0454. The first kappa shape index (κ1) is 19.9. The minimum Gasteiger partial charge on any atom is -0.491 e. The van der Waals surface area contributed by atoms with Gasteiger partial charge in [-0.25, -0.2) is 4.39 Å². The molecule has 0 radical (unpaired) electrons. The second kappa shape index (κ2) is 8.13. The molecule has 0 fully saturated rings. The van der Waals surface area contributed by atoms with Crippen LogP contribution in [0.2, 0.25) is 0 Å². The lowest BCUT2D eigenvalue weighted by molar-refractivity contribution is 0.309. The SMILES string of the molecule is CCCC1=CCC(c2cc3c(c(F)c2F)Oc2c(ccc(OCC)c2F)C3)CC1. The van der Waals surface area contributed by atoms with E-state index in [1.54, 1.807) is 25.1 Å². The number of allylic oxidation sites excluding steroid dienone is 2. The summed E-state index contributed by atoms with van der Waals surface area (Å²) in [6, 6.07) is 4.97. The van der Waals surface area contributed by atoms with E-state index < -0.39 is 17.5 Å². The second-order valence-corrected chi connectivity index (χ2v) is 7.74. The van der Waals surface area contributed by atoms with Gasteiger partial charge in [0.25, 0.3) is 0 Å². The summed E-state index contributed by atoms with van der Waals surface area (Å²) < 4.78 is 55.2. The van der Waals surface area contributed by atoms with Crippen LogP contribution < -0.4 is 9.47 Å². The molecule has 0 amide bonds. The Morgan fingerprint density at radius 1 is 1.03 bits per heavy atom. The van der Waals surface area contributed by atoms with Gasteiger partial charge in [-0.2, -0.15) is 8.78 Å². The van der Waals surface area contributed by atoms with Crippen molar-refractivity contribution in [2.24, 2.45) is 0 Å². The van der Waals surface area contributed by atoms with Crippen molar-refractivity contribution in [3.63, 3.8) is 0 Å². The molecule has 29 heavy (non-hydrogen) atoms. The zero-order valence-corrected chi connectivity index (χ0v) is 16.8. The predicted octanol–water partition coefficient (Wildman–Crippen LogP) is 7.19. The Balaban J connectivity index is 1.67. The number of rotatable bonds is 5. The molecular weight excluding hydrogens is 377 g/mol. The fourth-order valence-corrected chi connectivity index (χ4v) is 4.34. The summed E-state index contributed by atoms with van der Waals surface area (Å²) in [5.74, 6) is -2.90. The van der Waals surface area contributed by atoms with Gasteiger partial charge >= 0.3 is 0 Å². The van der Waals surface area contributed by atoms with Gasteiger partial charge in [-0.3, -0.25) is 0 Å². The van der Waals surface area contributed by atoms with Crippen LogP contribution >= 0.6 is 0 Å². The highest BCUT2D eigenvalue weighted by Crippen LogP contribution is 2.45. The topological polar surface area (TPSA) is 18.5 Å². The van der Waals surface area contributed by atoms with Gasteiger partial charge in [-0.1, -0.05) is 31.1 Å². The van der Waals surface area contributed by atoms with Gasteiger partial charge in [0.05, 0.1) is 6.61 Å². The monoisotopic (exact) mass is 402 g/mol. The zero-order chi connectivity index (χ0) is 20.5. The lowest BCUT2D eigenvalue weighted by atomic mass is 9.82. The van der Waals surface area contributed by atoms with Crippen molar-refractivity contribution in [1.82, 2.24) is 0 Å². The van der Waals surface area contributed by atoms with Crippen molar-refractivity contribution in [3.05, 3.63) is 64.0 Å². The largest absolute Gasteiger partial charge is 0.491 e. The van der Waals surface area contributed by atoms with E-state index in [1.807, 2.05) is 0 Å². The summed E-state index contributed by atoms with van der Waals surface area (Å²) in [5.41, 5.74) is 2.95. The molecule has 0 aromatic heterocycles. The molecule has 5 heteroatoms. The van der Waals surface area contributed by atoms with Gasteiger partial charge in [0.1, 0.15) is 0 Å². The fourth-order valence-electron chi connectivity index (χ4n) is 4.34. The molecule has 0 saturated heterocycles. The van der Waals surface area contributed by atoms with Crippen LogP contribution in [0.15, 0.2) is 29.8 Å². The average Bonchev–Trinajstić information content (AvgIpc) is 2.73. The summed E-state index contributed by atoms with van der Waals surface area (Å²) in [7, 11) is 0. The Morgan fingerprint density at radius 2 is 1.83 bits per heavy atom.